The van der Waals surface area contributed by atoms with Crippen molar-refractivity contribution >= 4 is 17.6 Å². The summed E-state index contributed by atoms with van der Waals surface area (Å²) in [5.41, 5.74) is 5.33. The zero-order valence-corrected chi connectivity index (χ0v) is 10.6. The van der Waals surface area contributed by atoms with Crippen molar-refractivity contribution in [3.05, 3.63) is 30.3 Å². The molecular weight excluding hydrogens is 232 g/mol. The van der Waals surface area contributed by atoms with Crippen molar-refractivity contribution in [2.45, 2.75) is 13.8 Å². The Morgan fingerprint density at radius 1 is 1.28 bits per heavy atom. The lowest BCUT2D eigenvalue weighted by Gasteiger charge is -2.30. The Morgan fingerprint density at radius 3 is 2.28 bits per heavy atom. The highest BCUT2D eigenvalue weighted by Gasteiger charge is 2.32. The minimum atomic E-state index is -1.06. The number of para-hydroxylation sites is 1. The monoisotopic (exact) mass is 250 g/mol. The molecule has 1 aromatic carbocycles. The second-order valence-corrected chi connectivity index (χ2v) is 4.71. The smallest absolute Gasteiger partial charge is 0.323 e. The molecule has 0 fully saturated rings. The number of amides is 1. The SMILES string of the molecule is CC(C)(CN)C(=O)N(CC(=O)O)c1ccccc1. The van der Waals surface area contributed by atoms with Crippen LogP contribution in [0.5, 0.6) is 0 Å². The maximum absolute atomic E-state index is 12.3. The van der Waals surface area contributed by atoms with Crippen molar-refractivity contribution in [3.63, 3.8) is 0 Å². The molecule has 0 saturated heterocycles. The quantitative estimate of drug-likeness (QED) is 0.819. The van der Waals surface area contributed by atoms with Crippen molar-refractivity contribution in [1.82, 2.24) is 0 Å². The van der Waals surface area contributed by atoms with Gasteiger partial charge in [-0.1, -0.05) is 18.2 Å². The highest BCUT2D eigenvalue weighted by atomic mass is 16.4. The van der Waals surface area contributed by atoms with Gasteiger partial charge in [0.2, 0.25) is 5.91 Å². The number of benzene rings is 1. The third-order valence-electron chi connectivity index (χ3n) is 2.70. The van der Waals surface area contributed by atoms with Crippen LogP contribution in [0, 0.1) is 5.41 Å². The van der Waals surface area contributed by atoms with Gasteiger partial charge >= 0.3 is 5.97 Å². The first-order chi connectivity index (χ1) is 8.38. The molecule has 3 N–H and O–H groups in total. The Morgan fingerprint density at radius 2 is 1.83 bits per heavy atom. The normalized spacial score (nSPS) is 11.1. The molecule has 98 valence electrons. The van der Waals surface area contributed by atoms with Gasteiger partial charge in [0.05, 0.1) is 5.41 Å². The number of carboxylic acids is 1. The number of carbonyl (C=O) groups is 2. The maximum atomic E-state index is 12.3. The molecule has 0 bridgehead atoms. The average molecular weight is 250 g/mol. The van der Waals surface area contributed by atoms with Gasteiger partial charge in [-0.2, -0.15) is 0 Å². The van der Waals surface area contributed by atoms with E-state index >= 15 is 0 Å². The van der Waals surface area contributed by atoms with Crippen molar-refractivity contribution in [2.75, 3.05) is 18.0 Å². The lowest BCUT2D eigenvalue weighted by Crippen LogP contribution is -2.46. The summed E-state index contributed by atoms with van der Waals surface area (Å²) < 4.78 is 0. The van der Waals surface area contributed by atoms with Gasteiger partial charge in [0.15, 0.2) is 0 Å². The van der Waals surface area contributed by atoms with Gasteiger partial charge in [-0.25, -0.2) is 0 Å². The van der Waals surface area contributed by atoms with E-state index < -0.39 is 11.4 Å². The van der Waals surface area contributed by atoms with Crippen molar-refractivity contribution in [1.29, 1.82) is 0 Å². The van der Waals surface area contributed by atoms with Crippen molar-refractivity contribution in [3.8, 4) is 0 Å². The molecule has 0 aliphatic rings. The molecule has 0 aromatic heterocycles. The third-order valence-corrected chi connectivity index (χ3v) is 2.70. The van der Waals surface area contributed by atoms with Crippen LogP contribution in [0.15, 0.2) is 30.3 Å². The minimum Gasteiger partial charge on any atom is -0.480 e. The first-order valence-corrected chi connectivity index (χ1v) is 5.67. The highest BCUT2D eigenvalue weighted by molar-refractivity contribution is 6.00. The lowest BCUT2D eigenvalue weighted by molar-refractivity contribution is -0.137. The number of rotatable bonds is 5. The fourth-order valence-corrected chi connectivity index (χ4v) is 1.48. The average Bonchev–Trinajstić information content (AvgIpc) is 2.36. The topological polar surface area (TPSA) is 83.6 Å². The van der Waals surface area contributed by atoms with Crippen LogP contribution in [-0.2, 0) is 9.59 Å². The van der Waals surface area contributed by atoms with Gasteiger partial charge < -0.3 is 15.7 Å². The van der Waals surface area contributed by atoms with Crippen LogP contribution in [0.3, 0.4) is 0 Å². The van der Waals surface area contributed by atoms with Crippen LogP contribution in [0.4, 0.5) is 5.69 Å². The van der Waals surface area contributed by atoms with Gasteiger partial charge in [-0.3, -0.25) is 9.59 Å². The Bertz CT molecular complexity index is 429. The predicted molar refractivity (Wildman–Crippen MR) is 69.3 cm³/mol. The molecule has 5 nitrogen and oxygen atoms in total. The van der Waals surface area contributed by atoms with Crippen molar-refractivity contribution < 1.29 is 14.7 Å². The van der Waals surface area contributed by atoms with Crippen LogP contribution >= 0.6 is 0 Å². The lowest BCUT2D eigenvalue weighted by atomic mass is 9.91. The summed E-state index contributed by atoms with van der Waals surface area (Å²) in [5, 5.41) is 8.91. The molecule has 0 atom stereocenters. The number of anilines is 1. The molecule has 0 unspecified atom stereocenters. The molecule has 1 rings (SSSR count). The Hall–Kier alpha value is -1.88. The van der Waals surface area contributed by atoms with Crippen LogP contribution in [-0.4, -0.2) is 30.1 Å². The van der Waals surface area contributed by atoms with Crippen LogP contribution in [0.2, 0.25) is 0 Å². The van der Waals surface area contributed by atoms with E-state index in [1.165, 1.54) is 4.90 Å². The van der Waals surface area contributed by atoms with E-state index in [0.717, 1.165) is 0 Å². The zero-order valence-electron chi connectivity index (χ0n) is 10.6. The summed E-state index contributed by atoms with van der Waals surface area (Å²) >= 11 is 0. The van der Waals surface area contributed by atoms with Crippen LogP contribution < -0.4 is 10.6 Å². The van der Waals surface area contributed by atoms with E-state index in [1.54, 1.807) is 44.2 Å². The number of nitrogens with two attached hydrogens (primary N) is 1. The van der Waals surface area contributed by atoms with E-state index in [4.69, 9.17) is 10.8 Å². The molecule has 18 heavy (non-hydrogen) atoms. The number of nitrogens with zero attached hydrogens (tertiary/aromatic N) is 1. The third kappa shape index (κ3) is 3.30. The van der Waals surface area contributed by atoms with E-state index in [1.807, 2.05) is 0 Å². The zero-order chi connectivity index (χ0) is 13.8. The summed E-state index contributed by atoms with van der Waals surface area (Å²) in [6, 6.07) is 8.72. The first-order valence-electron chi connectivity index (χ1n) is 5.67. The first kappa shape index (κ1) is 14.2. The number of carbonyl (C=O) groups excluding carboxylic acids is 1. The molecule has 0 saturated carbocycles. The number of hydrogen-bond donors (Lipinski definition) is 2. The van der Waals surface area contributed by atoms with Crippen LogP contribution in [0.1, 0.15) is 13.8 Å². The summed E-state index contributed by atoms with van der Waals surface area (Å²) in [6.07, 6.45) is 0. The molecular formula is C13H18N2O3. The molecule has 5 heteroatoms. The van der Waals surface area contributed by atoms with Gasteiger partial charge in [0, 0.05) is 12.2 Å². The fraction of sp³-hybridized carbons (Fsp3) is 0.385. The predicted octanol–water partition coefficient (Wildman–Crippen LogP) is 1.09. The molecule has 1 amide bonds. The molecule has 0 spiro atoms. The molecule has 0 aliphatic heterocycles. The van der Waals surface area contributed by atoms with Gasteiger partial charge in [-0.05, 0) is 26.0 Å². The van der Waals surface area contributed by atoms with E-state index in [9.17, 15) is 9.59 Å². The number of hydrogen-bond acceptors (Lipinski definition) is 3. The van der Waals surface area contributed by atoms with E-state index in [-0.39, 0.29) is 19.0 Å². The second kappa shape index (κ2) is 5.64. The number of carboxylic acid groups (broad SMARTS) is 1. The fourth-order valence-electron chi connectivity index (χ4n) is 1.48. The van der Waals surface area contributed by atoms with Gasteiger partial charge in [-0.15, -0.1) is 0 Å². The second-order valence-electron chi connectivity index (χ2n) is 4.71. The Labute approximate surface area is 106 Å². The van der Waals surface area contributed by atoms with E-state index in [2.05, 4.69) is 0 Å². The van der Waals surface area contributed by atoms with E-state index in [0.29, 0.717) is 5.69 Å². The van der Waals surface area contributed by atoms with Gasteiger partial charge in [0.1, 0.15) is 6.54 Å². The summed E-state index contributed by atoms with van der Waals surface area (Å²) in [4.78, 5) is 24.4. The Kier molecular flexibility index (Phi) is 4.44. The summed E-state index contributed by atoms with van der Waals surface area (Å²) in [7, 11) is 0. The highest BCUT2D eigenvalue weighted by Crippen LogP contribution is 2.22. The molecule has 0 heterocycles. The van der Waals surface area contributed by atoms with Gasteiger partial charge in [0.25, 0.3) is 0 Å². The molecule has 0 aliphatic carbocycles. The van der Waals surface area contributed by atoms with Crippen molar-refractivity contribution in [2.24, 2.45) is 11.1 Å². The maximum Gasteiger partial charge on any atom is 0.323 e. The largest absolute Gasteiger partial charge is 0.480 e. The Balaban J connectivity index is 3.07. The number of aliphatic carboxylic acids is 1. The standard InChI is InChI=1S/C13H18N2O3/c1-13(2,9-14)12(18)15(8-11(16)17)10-6-4-3-5-7-10/h3-7H,8-9,14H2,1-2H3,(H,16,17). The molecule has 0 radical (unpaired) electrons. The molecule has 1 aromatic rings. The minimum absolute atomic E-state index is 0.161. The summed E-state index contributed by atoms with van der Waals surface area (Å²) in [5.74, 6) is -1.35. The summed E-state index contributed by atoms with van der Waals surface area (Å²) in [6.45, 7) is 3.20. The van der Waals surface area contributed by atoms with Crippen LogP contribution in [0.25, 0.3) is 0 Å².